The molecule has 2 heterocycles. The zero-order valence-corrected chi connectivity index (χ0v) is 9.98. The molecule has 1 aliphatic rings. The normalized spacial score (nSPS) is 14.8. The third-order valence-electron chi connectivity index (χ3n) is 2.86. The topological polar surface area (TPSA) is 54.5 Å². The van der Waals surface area contributed by atoms with Gasteiger partial charge in [0.15, 0.2) is 11.6 Å². The van der Waals surface area contributed by atoms with Crippen molar-refractivity contribution in [1.29, 1.82) is 0 Å². The summed E-state index contributed by atoms with van der Waals surface area (Å²) < 4.78 is 5.15. The number of ether oxygens (including phenoxy) is 1. The molecule has 0 saturated carbocycles. The van der Waals surface area contributed by atoms with E-state index in [0.29, 0.717) is 11.6 Å². The fraction of sp³-hybridized carbons (Fsp3) is 0.500. The lowest BCUT2D eigenvalue weighted by molar-refractivity contribution is -0.128. The number of nitrogens with zero attached hydrogens (tertiary/aromatic N) is 2. The Morgan fingerprint density at radius 1 is 1.53 bits per heavy atom. The van der Waals surface area contributed by atoms with Crippen molar-refractivity contribution in [1.82, 2.24) is 9.88 Å². The van der Waals surface area contributed by atoms with Crippen LogP contribution >= 0.6 is 0 Å². The van der Waals surface area contributed by atoms with Gasteiger partial charge in [0.25, 0.3) is 0 Å². The molecule has 0 spiro atoms. The van der Waals surface area contributed by atoms with Gasteiger partial charge in [-0.05, 0) is 25.0 Å². The van der Waals surface area contributed by atoms with E-state index in [9.17, 15) is 4.79 Å². The number of carbonyl (C=O) groups is 1. The average Bonchev–Trinajstić information content (AvgIpc) is 2.90. The highest BCUT2D eigenvalue weighted by Crippen LogP contribution is 2.19. The van der Waals surface area contributed by atoms with Crippen LogP contribution in [0.15, 0.2) is 18.3 Å². The molecule has 0 unspecified atom stereocenters. The Hall–Kier alpha value is -1.78. The molecule has 0 bridgehead atoms. The average molecular weight is 235 g/mol. The number of nitrogens with one attached hydrogen (secondary N) is 1. The second kappa shape index (κ2) is 5.52. The van der Waals surface area contributed by atoms with Crippen LogP contribution in [0.2, 0.25) is 0 Å². The minimum atomic E-state index is 0.121. The molecule has 1 aromatic rings. The lowest BCUT2D eigenvalue weighted by Crippen LogP contribution is -2.33. The molecular weight excluding hydrogens is 218 g/mol. The number of pyridine rings is 1. The van der Waals surface area contributed by atoms with Gasteiger partial charge in [0.1, 0.15) is 0 Å². The molecule has 1 aromatic heterocycles. The largest absolute Gasteiger partial charge is 0.493 e. The Balaban J connectivity index is 1.90. The third-order valence-corrected chi connectivity index (χ3v) is 2.86. The fourth-order valence-electron chi connectivity index (χ4n) is 1.93. The molecule has 92 valence electrons. The molecule has 0 radical (unpaired) electrons. The second-order valence-corrected chi connectivity index (χ2v) is 4.00. The Labute approximate surface area is 101 Å². The van der Waals surface area contributed by atoms with Gasteiger partial charge in [0, 0.05) is 19.3 Å². The van der Waals surface area contributed by atoms with Crippen molar-refractivity contribution < 1.29 is 9.53 Å². The van der Waals surface area contributed by atoms with E-state index in [0.717, 1.165) is 25.9 Å². The summed E-state index contributed by atoms with van der Waals surface area (Å²) >= 11 is 0. The molecule has 0 atom stereocenters. The van der Waals surface area contributed by atoms with E-state index in [1.54, 1.807) is 19.4 Å². The number of likely N-dealkylation sites (tertiary alicyclic amines) is 1. The van der Waals surface area contributed by atoms with Crippen molar-refractivity contribution in [2.75, 3.05) is 32.1 Å². The summed E-state index contributed by atoms with van der Waals surface area (Å²) in [5.41, 5.74) is 0. The number of amides is 1. The van der Waals surface area contributed by atoms with Crippen LogP contribution in [0.4, 0.5) is 5.82 Å². The van der Waals surface area contributed by atoms with Crippen LogP contribution in [0, 0.1) is 0 Å². The number of aromatic nitrogens is 1. The van der Waals surface area contributed by atoms with Gasteiger partial charge in [-0.1, -0.05) is 0 Å². The lowest BCUT2D eigenvalue weighted by Gasteiger charge is -2.16. The van der Waals surface area contributed by atoms with Gasteiger partial charge in [0.2, 0.25) is 5.91 Å². The highest BCUT2D eigenvalue weighted by atomic mass is 16.5. The summed E-state index contributed by atoms with van der Waals surface area (Å²) in [4.78, 5) is 17.8. The Bertz CT molecular complexity index is 389. The quantitative estimate of drug-likeness (QED) is 0.849. The highest BCUT2D eigenvalue weighted by molar-refractivity contribution is 5.81. The van der Waals surface area contributed by atoms with Gasteiger partial charge in [-0.2, -0.15) is 0 Å². The summed E-state index contributed by atoms with van der Waals surface area (Å²) in [6, 6.07) is 3.61. The molecule has 1 aliphatic heterocycles. The molecule has 0 aliphatic carbocycles. The summed E-state index contributed by atoms with van der Waals surface area (Å²) in [6.07, 6.45) is 3.89. The highest BCUT2D eigenvalue weighted by Gasteiger charge is 2.17. The minimum absolute atomic E-state index is 0.121. The van der Waals surface area contributed by atoms with Crippen molar-refractivity contribution in [3.05, 3.63) is 18.3 Å². The number of carbonyl (C=O) groups excluding carboxylic acids is 1. The Morgan fingerprint density at radius 3 is 3.00 bits per heavy atom. The molecular formula is C12H17N3O2. The van der Waals surface area contributed by atoms with Gasteiger partial charge in [0.05, 0.1) is 13.7 Å². The van der Waals surface area contributed by atoms with Gasteiger partial charge < -0.3 is 15.0 Å². The minimum Gasteiger partial charge on any atom is -0.493 e. The van der Waals surface area contributed by atoms with Crippen LogP contribution in [0.5, 0.6) is 5.75 Å². The maximum Gasteiger partial charge on any atom is 0.241 e. The van der Waals surface area contributed by atoms with E-state index in [1.165, 1.54) is 0 Å². The van der Waals surface area contributed by atoms with Crippen molar-refractivity contribution in [3.8, 4) is 5.75 Å². The first-order chi connectivity index (χ1) is 8.31. The maximum atomic E-state index is 11.8. The molecule has 5 nitrogen and oxygen atoms in total. The molecule has 1 fully saturated rings. The first-order valence-electron chi connectivity index (χ1n) is 5.82. The molecule has 17 heavy (non-hydrogen) atoms. The van der Waals surface area contributed by atoms with Gasteiger partial charge >= 0.3 is 0 Å². The summed E-state index contributed by atoms with van der Waals surface area (Å²) in [7, 11) is 1.59. The molecule has 1 N–H and O–H groups in total. The molecule has 2 rings (SSSR count). The van der Waals surface area contributed by atoms with E-state index in [4.69, 9.17) is 4.74 Å². The summed E-state index contributed by atoms with van der Waals surface area (Å²) in [6.45, 7) is 2.02. The molecule has 1 saturated heterocycles. The smallest absolute Gasteiger partial charge is 0.241 e. The van der Waals surface area contributed by atoms with Crippen LogP contribution in [-0.2, 0) is 4.79 Å². The Morgan fingerprint density at radius 2 is 2.29 bits per heavy atom. The predicted molar refractivity (Wildman–Crippen MR) is 65.1 cm³/mol. The zero-order valence-electron chi connectivity index (χ0n) is 9.98. The Kier molecular flexibility index (Phi) is 3.80. The first-order valence-corrected chi connectivity index (χ1v) is 5.82. The van der Waals surface area contributed by atoms with Crippen LogP contribution in [0.3, 0.4) is 0 Å². The monoisotopic (exact) mass is 235 g/mol. The van der Waals surface area contributed by atoms with Crippen LogP contribution in [-0.4, -0.2) is 42.5 Å². The standard InChI is InChI=1S/C12H17N3O2/c1-17-10-5-4-6-13-12(10)14-9-11(16)15-7-2-3-8-15/h4-6H,2-3,7-9H2,1H3,(H,13,14). The van der Waals surface area contributed by atoms with Crippen molar-refractivity contribution in [3.63, 3.8) is 0 Å². The number of methoxy groups -OCH3 is 1. The summed E-state index contributed by atoms with van der Waals surface area (Å²) in [5, 5.41) is 3.01. The van der Waals surface area contributed by atoms with Crippen LogP contribution in [0.1, 0.15) is 12.8 Å². The van der Waals surface area contributed by atoms with Crippen molar-refractivity contribution in [2.45, 2.75) is 12.8 Å². The third kappa shape index (κ3) is 2.87. The second-order valence-electron chi connectivity index (χ2n) is 4.00. The van der Waals surface area contributed by atoms with Gasteiger partial charge in [-0.25, -0.2) is 4.98 Å². The van der Waals surface area contributed by atoms with Gasteiger partial charge in [-0.3, -0.25) is 4.79 Å². The predicted octanol–water partition coefficient (Wildman–Crippen LogP) is 1.12. The van der Waals surface area contributed by atoms with E-state index in [1.807, 2.05) is 11.0 Å². The first kappa shape index (κ1) is 11.7. The zero-order chi connectivity index (χ0) is 12.1. The SMILES string of the molecule is COc1cccnc1NCC(=O)N1CCCC1. The number of anilines is 1. The van der Waals surface area contributed by atoms with E-state index in [-0.39, 0.29) is 12.5 Å². The van der Waals surface area contributed by atoms with Crippen molar-refractivity contribution >= 4 is 11.7 Å². The van der Waals surface area contributed by atoms with E-state index >= 15 is 0 Å². The molecule has 0 aromatic carbocycles. The van der Waals surface area contributed by atoms with E-state index < -0.39 is 0 Å². The van der Waals surface area contributed by atoms with Gasteiger partial charge in [-0.15, -0.1) is 0 Å². The number of rotatable bonds is 4. The summed E-state index contributed by atoms with van der Waals surface area (Å²) in [5.74, 6) is 1.39. The van der Waals surface area contributed by atoms with Crippen LogP contribution < -0.4 is 10.1 Å². The fourth-order valence-corrected chi connectivity index (χ4v) is 1.93. The van der Waals surface area contributed by atoms with Crippen molar-refractivity contribution in [2.24, 2.45) is 0 Å². The maximum absolute atomic E-state index is 11.8. The molecule has 5 heteroatoms. The van der Waals surface area contributed by atoms with Crippen LogP contribution in [0.25, 0.3) is 0 Å². The number of hydrogen-bond donors (Lipinski definition) is 1. The van der Waals surface area contributed by atoms with E-state index in [2.05, 4.69) is 10.3 Å². The number of hydrogen-bond acceptors (Lipinski definition) is 4. The lowest BCUT2D eigenvalue weighted by atomic mass is 10.4. The molecule has 1 amide bonds.